The van der Waals surface area contributed by atoms with E-state index in [0.717, 1.165) is 12.8 Å². The van der Waals surface area contributed by atoms with E-state index in [9.17, 15) is 0 Å². The molecule has 0 aliphatic rings. The summed E-state index contributed by atoms with van der Waals surface area (Å²) in [6, 6.07) is 0. The average molecular weight is 125 g/mol. The number of halogens is 1. The number of hydrogen-bond acceptors (Lipinski definition) is 2. The molecule has 0 aromatic rings. The van der Waals surface area contributed by atoms with Crippen molar-refractivity contribution < 1.29 is 10.1 Å². The largest absolute Gasteiger partial charge is 0.252 e. The van der Waals surface area contributed by atoms with Crippen LogP contribution >= 0.6 is 11.6 Å². The van der Waals surface area contributed by atoms with Gasteiger partial charge in [-0.15, -0.1) is 11.6 Å². The first-order chi connectivity index (χ1) is 3.41. The zero-order chi connectivity index (χ0) is 5.54. The smallest absolute Gasteiger partial charge is 0.0820 e. The Morgan fingerprint density at radius 1 is 1.43 bits per heavy atom. The van der Waals surface area contributed by atoms with E-state index < -0.39 is 0 Å². The molecule has 0 aliphatic heterocycles. The first-order valence-electron chi connectivity index (χ1n) is 2.24. The van der Waals surface area contributed by atoms with Crippen LogP contribution in [0.5, 0.6) is 0 Å². The Balaban J connectivity index is 2.45. The molecule has 0 rings (SSSR count). The van der Waals surface area contributed by atoms with Crippen molar-refractivity contribution in [3.63, 3.8) is 0 Å². The van der Waals surface area contributed by atoms with Crippen LogP contribution < -0.4 is 0 Å². The molecule has 0 atom stereocenters. The summed E-state index contributed by atoms with van der Waals surface area (Å²) in [5.74, 6) is 0.642. The standard InChI is InChI=1S/C4H9ClO2/c5-3-1-2-4-7-6/h6H,1-4H2. The summed E-state index contributed by atoms with van der Waals surface area (Å²) in [6.07, 6.45) is 1.74. The fourth-order valence-corrected chi connectivity index (χ4v) is 0.450. The van der Waals surface area contributed by atoms with Crippen molar-refractivity contribution in [2.45, 2.75) is 12.8 Å². The lowest BCUT2D eigenvalue weighted by atomic mass is 10.4. The summed E-state index contributed by atoms with van der Waals surface area (Å²) in [5.41, 5.74) is 0. The van der Waals surface area contributed by atoms with Gasteiger partial charge in [-0.3, -0.25) is 5.26 Å². The Morgan fingerprint density at radius 2 is 2.14 bits per heavy atom. The summed E-state index contributed by atoms with van der Waals surface area (Å²) < 4.78 is 0. The van der Waals surface area contributed by atoms with Crippen molar-refractivity contribution in [1.82, 2.24) is 0 Å². The molecule has 0 bridgehead atoms. The van der Waals surface area contributed by atoms with E-state index >= 15 is 0 Å². The number of unbranched alkanes of at least 4 members (excludes halogenated alkanes) is 1. The SMILES string of the molecule is OOCCCCCl. The third-order valence-electron chi connectivity index (χ3n) is 0.619. The fraction of sp³-hybridized carbons (Fsp3) is 1.00. The van der Waals surface area contributed by atoms with Crippen LogP contribution in [-0.2, 0) is 4.89 Å². The number of rotatable bonds is 4. The molecule has 44 valence electrons. The minimum atomic E-state index is 0.396. The Bertz CT molecular complexity index is 28.9. The van der Waals surface area contributed by atoms with E-state index in [1.54, 1.807) is 0 Å². The van der Waals surface area contributed by atoms with Crippen molar-refractivity contribution in [2.24, 2.45) is 0 Å². The first-order valence-corrected chi connectivity index (χ1v) is 2.77. The predicted octanol–water partition coefficient (Wildman–Crippen LogP) is 1.49. The lowest BCUT2D eigenvalue weighted by molar-refractivity contribution is -0.242. The highest BCUT2D eigenvalue weighted by Gasteiger charge is 1.82. The highest BCUT2D eigenvalue weighted by molar-refractivity contribution is 6.17. The Hall–Kier alpha value is 0.210. The van der Waals surface area contributed by atoms with Crippen LogP contribution in [0.2, 0.25) is 0 Å². The van der Waals surface area contributed by atoms with Crippen molar-refractivity contribution in [1.29, 1.82) is 0 Å². The van der Waals surface area contributed by atoms with Crippen molar-refractivity contribution in [3.8, 4) is 0 Å². The molecular formula is C4H9ClO2. The highest BCUT2D eigenvalue weighted by atomic mass is 35.5. The van der Waals surface area contributed by atoms with E-state index in [1.165, 1.54) is 0 Å². The van der Waals surface area contributed by atoms with Gasteiger partial charge >= 0.3 is 0 Å². The molecule has 0 spiro atoms. The highest BCUT2D eigenvalue weighted by Crippen LogP contribution is 1.89. The predicted molar refractivity (Wildman–Crippen MR) is 28.5 cm³/mol. The van der Waals surface area contributed by atoms with Crippen molar-refractivity contribution >= 4 is 11.6 Å². The molecular weight excluding hydrogens is 115 g/mol. The molecule has 2 nitrogen and oxygen atoms in total. The zero-order valence-electron chi connectivity index (χ0n) is 4.06. The third-order valence-corrected chi connectivity index (χ3v) is 0.887. The van der Waals surface area contributed by atoms with E-state index in [4.69, 9.17) is 16.9 Å². The van der Waals surface area contributed by atoms with Gasteiger partial charge in [-0.25, -0.2) is 4.89 Å². The normalized spacial score (nSPS) is 9.43. The number of alkyl halides is 1. The second kappa shape index (κ2) is 6.21. The fourth-order valence-electron chi connectivity index (χ4n) is 0.261. The first kappa shape index (κ1) is 7.21. The van der Waals surface area contributed by atoms with Gasteiger partial charge in [-0.05, 0) is 12.8 Å². The Labute approximate surface area is 48.0 Å². The van der Waals surface area contributed by atoms with E-state index in [1.807, 2.05) is 0 Å². The van der Waals surface area contributed by atoms with Gasteiger partial charge in [0.15, 0.2) is 0 Å². The quantitative estimate of drug-likeness (QED) is 0.266. The second-order valence-electron chi connectivity index (χ2n) is 1.23. The van der Waals surface area contributed by atoms with Crippen molar-refractivity contribution in [3.05, 3.63) is 0 Å². The molecule has 0 heterocycles. The number of hydrogen-bond donors (Lipinski definition) is 1. The summed E-state index contributed by atoms with van der Waals surface area (Å²) in [7, 11) is 0. The van der Waals surface area contributed by atoms with Gasteiger partial charge in [0, 0.05) is 5.88 Å². The van der Waals surface area contributed by atoms with Gasteiger partial charge in [-0.2, -0.15) is 0 Å². The topological polar surface area (TPSA) is 29.5 Å². The third kappa shape index (κ3) is 6.21. The zero-order valence-corrected chi connectivity index (χ0v) is 4.82. The van der Waals surface area contributed by atoms with Gasteiger partial charge in [0.05, 0.1) is 6.61 Å². The molecule has 0 aliphatic carbocycles. The summed E-state index contributed by atoms with van der Waals surface area (Å²) in [6.45, 7) is 0.396. The molecule has 0 saturated heterocycles. The lowest BCUT2D eigenvalue weighted by Gasteiger charge is -1.89. The van der Waals surface area contributed by atoms with E-state index in [-0.39, 0.29) is 0 Å². The van der Waals surface area contributed by atoms with E-state index in [0.29, 0.717) is 12.5 Å². The Morgan fingerprint density at radius 3 is 2.57 bits per heavy atom. The molecule has 0 fully saturated rings. The van der Waals surface area contributed by atoms with E-state index in [2.05, 4.69) is 4.89 Å². The maximum Gasteiger partial charge on any atom is 0.0820 e. The molecule has 0 aromatic carbocycles. The maximum absolute atomic E-state index is 7.75. The summed E-state index contributed by atoms with van der Waals surface area (Å²) in [4.78, 5) is 3.79. The van der Waals surface area contributed by atoms with Crippen LogP contribution in [0.3, 0.4) is 0 Å². The van der Waals surface area contributed by atoms with Gasteiger partial charge < -0.3 is 0 Å². The van der Waals surface area contributed by atoms with Gasteiger partial charge in [0.2, 0.25) is 0 Å². The average Bonchev–Trinajstić information content (AvgIpc) is 1.69. The molecule has 0 aromatic heterocycles. The van der Waals surface area contributed by atoms with Gasteiger partial charge in [0.25, 0.3) is 0 Å². The van der Waals surface area contributed by atoms with Crippen LogP contribution in [-0.4, -0.2) is 17.7 Å². The summed E-state index contributed by atoms with van der Waals surface area (Å²) >= 11 is 5.30. The lowest BCUT2D eigenvalue weighted by Crippen LogP contribution is -1.88. The minimum Gasteiger partial charge on any atom is -0.252 e. The monoisotopic (exact) mass is 124 g/mol. The molecule has 7 heavy (non-hydrogen) atoms. The van der Waals surface area contributed by atoms with Crippen LogP contribution in [0.25, 0.3) is 0 Å². The second-order valence-corrected chi connectivity index (χ2v) is 1.61. The van der Waals surface area contributed by atoms with Crippen LogP contribution in [0, 0.1) is 0 Å². The molecule has 0 unspecified atom stereocenters. The van der Waals surface area contributed by atoms with Crippen LogP contribution in [0.1, 0.15) is 12.8 Å². The van der Waals surface area contributed by atoms with Gasteiger partial charge in [-0.1, -0.05) is 0 Å². The maximum atomic E-state index is 7.75. The van der Waals surface area contributed by atoms with Crippen LogP contribution in [0.15, 0.2) is 0 Å². The summed E-state index contributed by atoms with van der Waals surface area (Å²) in [5, 5.41) is 7.75. The molecule has 0 radical (unpaired) electrons. The molecule has 0 amide bonds. The van der Waals surface area contributed by atoms with Crippen molar-refractivity contribution in [2.75, 3.05) is 12.5 Å². The Kier molecular flexibility index (Phi) is 6.40. The molecule has 1 N–H and O–H groups in total. The van der Waals surface area contributed by atoms with Gasteiger partial charge in [0.1, 0.15) is 0 Å². The molecule has 3 heteroatoms. The minimum absolute atomic E-state index is 0.396. The van der Waals surface area contributed by atoms with Crippen LogP contribution in [0.4, 0.5) is 0 Å². The molecule has 0 saturated carbocycles.